The summed E-state index contributed by atoms with van der Waals surface area (Å²) < 4.78 is 0. The topological polar surface area (TPSA) is 110 Å². The van der Waals surface area contributed by atoms with Crippen molar-refractivity contribution in [1.82, 2.24) is 20.2 Å². The molecule has 7 nitrogen and oxygen atoms in total. The predicted molar refractivity (Wildman–Crippen MR) is 78.4 cm³/mol. The van der Waals surface area contributed by atoms with Gasteiger partial charge in [0.2, 0.25) is 11.9 Å². The van der Waals surface area contributed by atoms with E-state index in [9.17, 15) is 4.79 Å². The van der Waals surface area contributed by atoms with E-state index in [0.717, 1.165) is 6.42 Å². The second kappa shape index (κ2) is 7.56. The minimum atomic E-state index is -0.540. The SMILES string of the molecule is CCCC(N)C(=O)Nc1n[nH]c(-c2ccccn2)n1.Cl. The van der Waals surface area contributed by atoms with Crippen LogP contribution in [0.3, 0.4) is 0 Å². The number of aromatic nitrogens is 4. The number of amides is 1. The fraction of sp³-hybridized carbons (Fsp3) is 0.333. The van der Waals surface area contributed by atoms with E-state index >= 15 is 0 Å². The Kier molecular flexibility index (Phi) is 6.08. The Balaban J connectivity index is 0.00000200. The molecule has 2 aromatic heterocycles. The number of H-pyrrole nitrogens is 1. The molecule has 8 heteroatoms. The van der Waals surface area contributed by atoms with E-state index in [4.69, 9.17) is 5.73 Å². The van der Waals surface area contributed by atoms with Crippen molar-refractivity contribution >= 4 is 24.3 Å². The zero-order valence-electron chi connectivity index (χ0n) is 11.0. The van der Waals surface area contributed by atoms with Crippen LogP contribution in [-0.4, -0.2) is 32.1 Å². The Morgan fingerprint density at radius 3 is 2.95 bits per heavy atom. The van der Waals surface area contributed by atoms with E-state index < -0.39 is 6.04 Å². The number of anilines is 1. The lowest BCUT2D eigenvalue weighted by atomic mass is 10.2. The van der Waals surface area contributed by atoms with Crippen LogP contribution in [-0.2, 0) is 4.79 Å². The van der Waals surface area contributed by atoms with Gasteiger partial charge in [-0.25, -0.2) is 0 Å². The number of carbonyl (C=O) groups is 1. The van der Waals surface area contributed by atoms with Gasteiger partial charge in [-0.2, -0.15) is 4.98 Å². The fourth-order valence-corrected chi connectivity index (χ4v) is 1.58. The molecule has 0 bridgehead atoms. The second-order valence-corrected chi connectivity index (χ2v) is 4.11. The van der Waals surface area contributed by atoms with Gasteiger partial charge in [0.05, 0.1) is 6.04 Å². The van der Waals surface area contributed by atoms with Crippen LogP contribution >= 0.6 is 12.4 Å². The van der Waals surface area contributed by atoms with E-state index in [-0.39, 0.29) is 24.3 Å². The molecule has 0 fully saturated rings. The number of nitrogens with one attached hydrogen (secondary N) is 2. The molecule has 0 aliphatic rings. The van der Waals surface area contributed by atoms with Crippen LogP contribution < -0.4 is 11.1 Å². The lowest BCUT2D eigenvalue weighted by Crippen LogP contribution is -2.35. The van der Waals surface area contributed by atoms with Crippen molar-refractivity contribution in [3.8, 4) is 11.5 Å². The first-order chi connectivity index (χ1) is 9.20. The molecule has 0 aromatic carbocycles. The number of rotatable bonds is 5. The van der Waals surface area contributed by atoms with Crippen LogP contribution in [0.2, 0.25) is 0 Å². The van der Waals surface area contributed by atoms with Gasteiger partial charge in [0.15, 0.2) is 5.82 Å². The first-order valence-corrected chi connectivity index (χ1v) is 6.11. The molecule has 0 saturated carbocycles. The van der Waals surface area contributed by atoms with Gasteiger partial charge in [-0.3, -0.25) is 20.2 Å². The molecule has 108 valence electrons. The summed E-state index contributed by atoms with van der Waals surface area (Å²) in [6, 6.07) is 4.92. The number of pyridine rings is 1. The number of hydrogen-bond acceptors (Lipinski definition) is 5. The van der Waals surface area contributed by atoms with Crippen molar-refractivity contribution in [1.29, 1.82) is 0 Å². The van der Waals surface area contributed by atoms with Gasteiger partial charge in [-0.15, -0.1) is 17.5 Å². The van der Waals surface area contributed by atoms with Crippen LogP contribution in [0.5, 0.6) is 0 Å². The van der Waals surface area contributed by atoms with Gasteiger partial charge >= 0.3 is 0 Å². The highest BCUT2D eigenvalue weighted by Crippen LogP contribution is 2.12. The molecule has 0 aliphatic carbocycles. The quantitative estimate of drug-likeness (QED) is 0.771. The second-order valence-electron chi connectivity index (χ2n) is 4.11. The van der Waals surface area contributed by atoms with Crippen LogP contribution in [0.1, 0.15) is 19.8 Å². The van der Waals surface area contributed by atoms with Gasteiger partial charge < -0.3 is 5.73 Å². The summed E-state index contributed by atoms with van der Waals surface area (Å²) in [6.07, 6.45) is 3.14. The van der Waals surface area contributed by atoms with Crippen molar-refractivity contribution in [3.05, 3.63) is 24.4 Å². The number of hydrogen-bond donors (Lipinski definition) is 3. The lowest BCUT2D eigenvalue weighted by molar-refractivity contribution is -0.117. The molecular weight excluding hydrogens is 280 g/mol. The molecular formula is C12H17ClN6O. The van der Waals surface area contributed by atoms with Gasteiger partial charge in [0, 0.05) is 6.20 Å². The molecule has 1 unspecified atom stereocenters. The van der Waals surface area contributed by atoms with Crippen molar-refractivity contribution in [3.63, 3.8) is 0 Å². The average molecular weight is 297 g/mol. The summed E-state index contributed by atoms with van der Waals surface area (Å²) in [5.74, 6) is 0.422. The van der Waals surface area contributed by atoms with Gasteiger partial charge in [-0.05, 0) is 18.6 Å². The zero-order chi connectivity index (χ0) is 13.7. The fourth-order valence-electron chi connectivity index (χ4n) is 1.58. The molecule has 4 N–H and O–H groups in total. The number of nitrogens with two attached hydrogens (primary N) is 1. The molecule has 20 heavy (non-hydrogen) atoms. The van der Waals surface area contributed by atoms with E-state index in [2.05, 4.69) is 25.5 Å². The van der Waals surface area contributed by atoms with Crippen molar-refractivity contribution in [2.75, 3.05) is 5.32 Å². The third kappa shape index (κ3) is 4.01. The number of aromatic amines is 1. The predicted octanol–water partition coefficient (Wildman–Crippen LogP) is 1.35. The molecule has 0 radical (unpaired) electrons. The Bertz CT molecular complexity index is 544. The summed E-state index contributed by atoms with van der Waals surface area (Å²) in [7, 11) is 0. The maximum atomic E-state index is 11.7. The van der Waals surface area contributed by atoms with Crippen LogP contribution in [0.4, 0.5) is 5.95 Å². The summed E-state index contributed by atoms with van der Waals surface area (Å²) >= 11 is 0. The average Bonchev–Trinajstić information content (AvgIpc) is 2.88. The van der Waals surface area contributed by atoms with Crippen LogP contribution in [0.25, 0.3) is 11.5 Å². The number of halogens is 1. The number of nitrogens with zero attached hydrogens (tertiary/aromatic N) is 3. The highest BCUT2D eigenvalue weighted by atomic mass is 35.5. The summed E-state index contributed by atoms with van der Waals surface area (Å²) in [5.41, 5.74) is 6.36. The highest BCUT2D eigenvalue weighted by Gasteiger charge is 2.15. The minimum Gasteiger partial charge on any atom is -0.320 e. The molecule has 1 atom stereocenters. The van der Waals surface area contributed by atoms with Crippen molar-refractivity contribution in [2.45, 2.75) is 25.8 Å². The first kappa shape index (κ1) is 16.1. The maximum Gasteiger partial charge on any atom is 0.249 e. The van der Waals surface area contributed by atoms with Crippen molar-refractivity contribution < 1.29 is 4.79 Å². The third-order valence-corrected chi connectivity index (χ3v) is 2.56. The van der Waals surface area contributed by atoms with Gasteiger partial charge in [0.1, 0.15) is 5.69 Å². The maximum absolute atomic E-state index is 11.7. The van der Waals surface area contributed by atoms with Crippen LogP contribution in [0.15, 0.2) is 24.4 Å². The number of carbonyl (C=O) groups excluding carboxylic acids is 1. The molecule has 2 aromatic rings. The smallest absolute Gasteiger partial charge is 0.249 e. The Hall–Kier alpha value is -1.99. The van der Waals surface area contributed by atoms with Crippen LogP contribution in [0, 0.1) is 0 Å². The molecule has 2 rings (SSSR count). The third-order valence-electron chi connectivity index (χ3n) is 2.56. The Morgan fingerprint density at radius 1 is 1.50 bits per heavy atom. The normalized spacial score (nSPS) is 11.5. The summed E-state index contributed by atoms with van der Waals surface area (Å²) in [4.78, 5) is 20.0. The van der Waals surface area contributed by atoms with E-state index in [1.54, 1.807) is 12.3 Å². The Morgan fingerprint density at radius 2 is 2.30 bits per heavy atom. The molecule has 0 spiro atoms. The van der Waals surface area contributed by atoms with Gasteiger partial charge in [0.25, 0.3) is 0 Å². The van der Waals surface area contributed by atoms with E-state index in [1.807, 2.05) is 19.1 Å². The highest BCUT2D eigenvalue weighted by molar-refractivity contribution is 5.93. The summed E-state index contributed by atoms with van der Waals surface area (Å²) in [5, 5.41) is 9.20. The first-order valence-electron chi connectivity index (χ1n) is 6.11. The van der Waals surface area contributed by atoms with E-state index in [1.165, 1.54) is 0 Å². The lowest BCUT2D eigenvalue weighted by Gasteiger charge is -2.07. The zero-order valence-corrected chi connectivity index (χ0v) is 11.9. The summed E-state index contributed by atoms with van der Waals surface area (Å²) in [6.45, 7) is 1.97. The molecule has 2 heterocycles. The van der Waals surface area contributed by atoms with E-state index in [0.29, 0.717) is 17.9 Å². The molecule has 0 aliphatic heterocycles. The minimum absolute atomic E-state index is 0. The largest absolute Gasteiger partial charge is 0.320 e. The monoisotopic (exact) mass is 296 g/mol. The standard InChI is InChI=1S/C12H16N6O.ClH/c1-2-5-8(13)11(19)16-12-15-10(17-18-12)9-6-3-4-7-14-9;/h3-4,6-8H,2,5,13H2,1H3,(H2,15,16,17,18,19);1H. The molecule has 0 saturated heterocycles. The van der Waals surface area contributed by atoms with Crippen molar-refractivity contribution in [2.24, 2.45) is 5.73 Å². The van der Waals surface area contributed by atoms with Gasteiger partial charge in [-0.1, -0.05) is 19.4 Å². The Labute approximate surface area is 122 Å². The molecule has 1 amide bonds.